The van der Waals surface area contributed by atoms with E-state index < -0.39 is 5.97 Å². The Labute approximate surface area is 80.5 Å². The van der Waals surface area contributed by atoms with Gasteiger partial charge in [0, 0.05) is 6.20 Å². The van der Waals surface area contributed by atoms with Gasteiger partial charge in [-0.2, -0.15) is 5.10 Å². The lowest BCUT2D eigenvalue weighted by molar-refractivity contribution is -0.137. The second-order valence-electron chi connectivity index (χ2n) is 2.98. The van der Waals surface area contributed by atoms with Gasteiger partial charge >= 0.3 is 5.97 Å². The summed E-state index contributed by atoms with van der Waals surface area (Å²) in [5.74, 6) is -1.10. The number of aromatic nitrogens is 2. The first-order valence-electron chi connectivity index (χ1n) is 4.02. The molecule has 0 unspecified atom stereocenters. The Balaban J connectivity index is 2.45. The zero-order valence-electron chi connectivity index (χ0n) is 7.73. The Morgan fingerprint density at radius 1 is 1.57 bits per heavy atom. The smallest absolute Gasteiger partial charge is 0.317 e. The molecule has 0 aliphatic carbocycles. The minimum Gasteiger partial charge on any atom is -0.480 e. The molecule has 1 heterocycles. The van der Waals surface area contributed by atoms with Crippen molar-refractivity contribution in [2.45, 2.75) is 0 Å². The van der Waals surface area contributed by atoms with E-state index in [1.807, 2.05) is 0 Å². The summed E-state index contributed by atoms with van der Waals surface area (Å²) < 4.78 is 0. The third-order valence-corrected chi connectivity index (χ3v) is 1.64. The summed E-state index contributed by atoms with van der Waals surface area (Å²) in [6.07, 6.45) is 2.90. The van der Waals surface area contributed by atoms with Gasteiger partial charge < -0.3 is 5.11 Å². The quantitative estimate of drug-likeness (QED) is 0.628. The maximum atomic E-state index is 11.4. The van der Waals surface area contributed by atoms with Crippen molar-refractivity contribution in [1.29, 1.82) is 0 Å². The first-order valence-corrected chi connectivity index (χ1v) is 4.02. The molecule has 0 atom stereocenters. The van der Waals surface area contributed by atoms with Crippen molar-refractivity contribution in [1.82, 2.24) is 15.1 Å². The van der Waals surface area contributed by atoms with Crippen LogP contribution in [-0.2, 0) is 4.79 Å². The molecule has 0 aliphatic rings. The number of carbonyl (C=O) groups excluding carboxylic acids is 1. The first-order chi connectivity index (χ1) is 6.59. The predicted octanol–water partition coefficient (Wildman–Crippen LogP) is -0.391. The normalized spacial score (nSPS) is 10.4. The number of Topliss-reactive ketones (excluding diaryl/α,β-unsaturated/α-hetero) is 1. The van der Waals surface area contributed by atoms with Gasteiger partial charge in [-0.15, -0.1) is 0 Å². The van der Waals surface area contributed by atoms with Crippen LogP contribution in [0.5, 0.6) is 0 Å². The van der Waals surface area contributed by atoms with Gasteiger partial charge in [-0.3, -0.25) is 19.6 Å². The molecule has 1 aromatic rings. The van der Waals surface area contributed by atoms with Crippen molar-refractivity contribution in [3.05, 3.63) is 18.0 Å². The van der Waals surface area contributed by atoms with Crippen LogP contribution in [0.25, 0.3) is 0 Å². The second-order valence-corrected chi connectivity index (χ2v) is 2.98. The van der Waals surface area contributed by atoms with Crippen molar-refractivity contribution < 1.29 is 14.7 Å². The Morgan fingerprint density at radius 2 is 2.29 bits per heavy atom. The van der Waals surface area contributed by atoms with Crippen LogP contribution in [0.3, 0.4) is 0 Å². The van der Waals surface area contributed by atoms with Gasteiger partial charge in [0.05, 0.1) is 24.8 Å². The summed E-state index contributed by atoms with van der Waals surface area (Å²) >= 11 is 0. The van der Waals surface area contributed by atoms with Crippen LogP contribution in [0.2, 0.25) is 0 Å². The molecule has 1 rings (SSSR count). The van der Waals surface area contributed by atoms with Crippen molar-refractivity contribution in [2.24, 2.45) is 0 Å². The highest BCUT2D eigenvalue weighted by Crippen LogP contribution is 1.97. The molecular weight excluding hydrogens is 186 g/mol. The summed E-state index contributed by atoms with van der Waals surface area (Å²) in [5.41, 5.74) is 0.460. The Hall–Kier alpha value is -1.69. The molecule has 0 bridgehead atoms. The number of ketones is 1. The molecule has 0 saturated heterocycles. The molecule has 0 radical (unpaired) electrons. The van der Waals surface area contributed by atoms with Gasteiger partial charge in [0.15, 0.2) is 5.78 Å². The number of rotatable bonds is 5. The number of likely N-dealkylation sites (N-methyl/N-ethyl adjacent to an activating group) is 1. The van der Waals surface area contributed by atoms with E-state index in [4.69, 9.17) is 5.11 Å². The molecule has 6 heteroatoms. The molecule has 1 aromatic heterocycles. The van der Waals surface area contributed by atoms with E-state index in [-0.39, 0.29) is 18.9 Å². The summed E-state index contributed by atoms with van der Waals surface area (Å²) in [6, 6.07) is 0. The lowest BCUT2D eigenvalue weighted by Crippen LogP contribution is -2.30. The van der Waals surface area contributed by atoms with Crippen molar-refractivity contribution in [3.63, 3.8) is 0 Å². The van der Waals surface area contributed by atoms with E-state index in [2.05, 4.69) is 10.2 Å². The molecular formula is C8H11N3O3. The minimum absolute atomic E-state index is 0.0752. The predicted molar refractivity (Wildman–Crippen MR) is 48.1 cm³/mol. The average Bonchev–Trinajstić information content (AvgIpc) is 2.53. The van der Waals surface area contributed by atoms with E-state index in [1.54, 1.807) is 7.05 Å². The van der Waals surface area contributed by atoms with E-state index in [9.17, 15) is 9.59 Å². The fraction of sp³-hybridized carbons (Fsp3) is 0.375. The number of H-pyrrole nitrogens is 1. The number of hydrogen-bond acceptors (Lipinski definition) is 4. The Bertz CT molecular complexity index is 321. The Kier molecular flexibility index (Phi) is 3.35. The number of aromatic amines is 1. The standard InChI is InChI=1S/C8H11N3O3/c1-11(5-8(13)14)4-7(12)6-2-9-10-3-6/h2-3H,4-5H2,1H3,(H,9,10)(H,13,14). The number of nitrogens with one attached hydrogen (secondary N) is 1. The number of nitrogens with zero attached hydrogens (tertiary/aromatic N) is 2. The lowest BCUT2D eigenvalue weighted by atomic mass is 10.2. The maximum Gasteiger partial charge on any atom is 0.317 e. The van der Waals surface area contributed by atoms with E-state index >= 15 is 0 Å². The molecule has 0 aliphatic heterocycles. The highest BCUT2D eigenvalue weighted by atomic mass is 16.4. The van der Waals surface area contributed by atoms with Gasteiger partial charge in [-0.05, 0) is 7.05 Å². The van der Waals surface area contributed by atoms with Crippen LogP contribution in [-0.4, -0.2) is 52.1 Å². The zero-order valence-corrected chi connectivity index (χ0v) is 7.73. The monoisotopic (exact) mass is 197 g/mol. The number of hydrogen-bond donors (Lipinski definition) is 2. The van der Waals surface area contributed by atoms with Gasteiger partial charge in [-0.1, -0.05) is 0 Å². The number of carbonyl (C=O) groups is 2. The number of carboxylic acids is 1. The van der Waals surface area contributed by atoms with Crippen LogP contribution in [0.4, 0.5) is 0 Å². The van der Waals surface area contributed by atoms with E-state index in [0.717, 1.165) is 0 Å². The van der Waals surface area contributed by atoms with E-state index in [0.29, 0.717) is 5.56 Å². The molecule has 2 N–H and O–H groups in total. The highest BCUT2D eigenvalue weighted by Gasteiger charge is 2.11. The fourth-order valence-corrected chi connectivity index (χ4v) is 1.03. The molecule has 76 valence electrons. The Morgan fingerprint density at radius 3 is 2.79 bits per heavy atom. The number of carboxylic acid groups (broad SMARTS) is 1. The van der Waals surface area contributed by atoms with Gasteiger partial charge in [0.25, 0.3) is 0 Å². The van der Waals surface area contributed by atoms with Gasteiger partial charge in [0.1, 0.15) is 0 Å². The van der Waals surface area contributed by atoms with Gasteiger partial charge in [-0.25, -0.2) is 0 Å². The van der Waals surface area contributed by atoms with Crippen LogP contribution in [0.15, 0.2) is 12.4 Å². The molecule has 0 saturated carbocycles. The van der Waals surface area contributed by atoms with Crippen molar-refractivity contribution in [2.75, 3.05) is 20.1 Å². The third kappa shape index (κ3) is 2.98. The SMILES string of the molecule is CN(CC(=O)O)CC(=O)c1cn[nH]c1. The molecule has 0 amide bonds. The lowest BCUT2D eigenvalue weighted by Gasteiger charge is -2.11. The topological polar surface area (TPSA) is 86.3 Å². The fourth-order valence-electron chi connectivity index (χ4n) is 1.03. The third-order valence-electron chi connectivity index (χ3n) is 1.64. The largest absolute Gasteiger partial charge is 0.480 e. The maximum absolute atomic E-state index is 11.4. The molecule has 0 fully saturated rings. The van der Waals surface area contributed by atoms with Crippen LogP contribution >= 0.6 is 0 Å². The first kappa shape index (κ1) is 10.4. The second kappa shape index (κ2) is 4.52. The highest BCUT2D eigenvalue weighted by molar-refractivity contribution is 5.97. The summed E-state index contributed by atoms with van der Waals surface area (Å²) in [6.45, 7) is -0.0740. The van der Waals surface area contributed by atoms with Crippen LogP contribution in [0.1, 0.15) is 10.4 Å². The van der Waals surface area contributed by atoms with Crippen LogP contribution in [0, 0.1) is 0 Å². The summed E-state index contributed by atoms with van der Waals surface area (Å²) in [4.78, 5) is 23.1. The van der Waals surface area contributed by atoms with Gasteiger partial charge in [0.2, 0.25) is 0 Å². The summed E-state index contributed by atoms with van der Waals surface area (Å²) in [7, 11) is 1.58. The van der Waals surface area contributed by atoms with Crippen LogP contribution < -0.4 is 0 Å². The number of aliphatic carboxylic acids is 1. The average molecular weight is 197 g/mol. The van der Waals surface area contributed by atoms with Crippen molar-refractivity contribution >= 4 is 11.8 Å². The van der Waals surface area contributed by atoms with E-state index in [1.165, 1.54) is 17.3 Å². The zero-order chi connectivity index (χ0) is 10.6. The molecule has 14 heavy (non-hydrogen) atoms. The minimum atomic E-state index is -0.951. The summed E-state index contributed by atoms with van der Waals surface area (Å²) in [5, 5.41) is 14.6. The molecule has 0 spiro atoms. The molecule has 0 aromatic carbocycles. The molecule has 6 nitrogen and oxygen atoms in total. The van der Waals surface area contributed by atoms with Crippen molar-refractivity contribution in [3.8, 4) is 0 Å².